The molecule has 0 aliphatic carbocycles. The van der Waals surface area contributed by atoms with Crippen molar-refractivity contribution >= 4 is 17.3 Å². The highest BCUT2D eigenvalue weighted by Crippen LogP contribution is 2.32. The molecule has 0 saturated carbocycles. The first-order chi connectivity index (χ1) is 9.60. The van der Waals surface area contributed by atoms with Crippen LogP contribution in [0.1, 0.15) is 5.56 Å². The van der Waals surface area contributed by atoms with Crippen molar-refractivity contribution in [2.45, 2.75) is 6.17 Å². The summed E-state index contributed by atoms with van der Waals surface area (Å²) in [5, 5.41) is 13.1. The van der Waals surface area contributed by atoms with E-state index in [2.05, 4.69) is 5.32 Å². The van der Waals surface area contributed by atoms with Gasteiger partial charge in [-0.3, -0.25) is 0 Å². The van der Waals surface area contributed by atoms with E-state index in [1.54, 1.807) is 23.3 Å². The number of fused-ring (bicyclic) bond motifs is 1. The van der Waals surface area contributed by atoms with E-state index in [4.69, 9.17) is 11.6 Å². The molecule has 104 valence electrons. The van der Waals surface area contributed by atoms with Gasteiger partial charge in [0.1, 0.15) is 17.8 Å². The highest BCUT2D eigenvalue weighted by molar-refractivity contribution is 6.31. The molecule has 1 unspecified atom stereocenters. The van der Waals surface area contributed by atoms with Crippen LogP contribution in [0.2, 0.25) is 0 Å². The summed E-state index contributed by atoms with van der Waals surface area (Å²) in [6.45, 7) is -0.288. The topological polar surface area (TPSA) is 35.5 Å². The number of halogens is 3. The summed E-state index contributed by atoms with van der Waals surface area (Å²) in [6, 6.07) is 3.34. The second-order valence-electron chi connectivity index (χ2n) is 4.47. The third-order valence-corrected chi connectivity index (χ3v) is 3.47. The van der Waals surface area contributed by atoms with E-state index in [1.807, 2.05) is 0 Å². The van der Waals surface area contributed by atoms with Crippen LogP contribution < -0.4 is 5.32 Å². The van der Waals surface area contributed by atoms with Gasteiger partial charge < -0.3 is 15.3 Å². The second kappa shape index (κ2) is 4.92. The van der Waals surface area contributed by atoms with Gasteiger partial charge in [0.25, 0.3) is 0 Å². The lowest BCUT2D eigenvalue weighted by atomic mass is 10.1. The van der Waals surface area contributed by atoms with Crippen molar-refractivity contribution in [3.8, 4) is 0 Å². The van der Waals surface area contributed by atoms with Gasteiger partial charge in [0.05, 0.1) is 23.0 Å². The highest BCUT2D eigenvalue weighted by atomic mass is 35.5. The van der Waals surface area contributed by atoms with Crippen molar-refractivity contribution in [1.82, 2.24) is 10.2 Å². The van der Waals surface area contributed by atoms with E-state index in [0.29, 0.717) is 16.4 Å². The van der Waals surface area contributed by atoms with Crippen LogP contribution in [0.5, 0.6) is 0 Å². The largest absolute Gasteiger partial charge is 0.390 e. The molecule has 0 spiro atoms. The predicted molar refractivity (Wildman–Crippen MR) is 72.2 cm³/mol. The lowest BCUT2D eigenvalue weighted by molar-refractivity contribution is 0.279. The highest BCUT2D eigenvalue weighted by Gasteiger charge is 2.31. The molecule has 1 aromatic carbocycles. The molecular formula is C14H11ClF2N2O. The first-order valence-corrected chi connectivity index (χ1v) is 6.38. The standard InChI is InChI=1S/C14H11ClF2N2O/c15-8-1-4-13-18-14(12(7-20)19(13)6-8)10-3-2-9(16)5-11(10)17/h1-6,13,18,20H,7H2. The average Bonchev–Trinajstić information content (AvgIpc) is 2.76. The first-order valence-electron chi connectivity index (χ1n) is 6.00. The molecule has 3 nitrogen and oxygen atoms in total. The van der Waals surface area contributed by atoms with Gasteiger partial charge >= 0.3 is 0 Å². The Labute approximate surface area is 119 Å². The Balaban J connectivity index is 2.08. The maximum Gasteiger partial charge on any atom is 0.135 e. The summed E-state index contributed by atoms with van der Waals surface area (Å²) >= 11 is 5.93. The molecule has 1 aromatic rings. The molecule has 1 atom stereocenters. The number of benzene rings is 1. The van der Waals surface area contributed by atoms with Gasteiger partial charge in [-0.05, 0) is 24.3 Å². The lowest BCUT2D eigenvalue weighted by Crippen LogP contribution is -2.34. The average molecular weight is 297 g/mol. The number of aliphatic hydroxyl groups excluding tert-OH is 1. The second-order valence-corrected chi connectivity index (χ2v) is 4.91. The number of hydrogen-bond donors (Lipinski definition) is 2. The number of nitrogens with one attached hydrogen (secondary N) is 1. The maximum absolute atomic E-state index is 13.9. The fourth-order valence-corrected chi connectivity index (χ4v) is 2.52. The van der Waals surface area contributed by atoms with Gasteiger partial charge in [-0.1, -0.05) is 11.6 Å². The van der Waals surface area contributed by atoms with Crippen molar-refractivity contribution in [3.63, 3.8) is 0 Å². The van der Waals surface area contributed by atoms with Crippen LogP contribution in [-0.4, -0.2) is 22.8 Å². The van der Waals surface area contributed by atoms with Crippen molar-refractivity contribution in [2.75, 3.05) is 6.61 Å². The molecule has 20 heavy (non-hydrogen) atoms. The van der Waals surface area contributed by atoms with Crippen LogP contribution in [0.4, 0.5) is 8.78 Å². The number of hydrogen-bond acceptors (Lipinski definition) is 3. The van der Waals surface area contributed by atoms with Crippen LogP contribution in [0.3, 0.4) is 0 Å². The molecule has 0 bridgehead atoms. The van der Waals surface area contributed by atoms with E-state index in [0.717, 1.165) is 6.07 Å². The lowest BCUT2D eigenvalue weighted by Gasteiger charge is -2.25. The zero-order valence-corrected chi connectivity index (χ0v) is 11.0. The Morgan fingerprint density at radius 1 is 1.35 bits per heavy atom. The Morgan fingerprint density at radius 3 is 2.85 bits per heavy atom. The Morgan fingerprint density at radius 2 is 2.15 bits per heavy atom. The van der Waals surface area contributed by atoms with Crippen LogP contribution in [0.25, 0.3) is 5.70 Å². The predicted octanol–water partition coefficient (Wildman–Crippen LogP) is 2.51. The third-order valence-electron chi connectivity index (χ3n) is 3.24. The summed E-state index contributed by atoms with van der Waals surface area (Å²) in [4.78, 5) is 1.72. The van der Waals surface area contributed by atoms with Crippen molar-refractivity contribution in [3.05, 3.63) is 64.5 Å². The van der Waals surface area contributed by atoms with Crippen LogP contribution >= 0.6 is 11.6 Å². The van der Waals surface area contributed by atoms with E-state index >= 15 is 0 Å². The summed E-state index contributed by atoms with van der Waals surface area (Å²) in [5.41, 5.74) is 1.13. The van der Waals surface area contributed by atoms with Crippen LogP contribution in [-0.2, 0) is 0 Å². The molecule has 0 aromatic heterocycles. The molecule has 0 saturated heterocycles. The summed E-state index contributed by atoms with van der Waals surface area (Å²) in [5.74, 6) is -1.33. The smallest absolute Gasteiger partial charge is 0.135 e. The third kappa shape index (κ3) is 2.09. The number of nitrogens with zero attached hydrogens (tertiary/aromatic N) is 1. The Kier molecular flexibility index (Phi) is 3.23. The zero-order chi connectivity index (χ0) is 14.3. The quantitative estimate of drug-likeness (QED) is 0.880. The summed E-state index contributed by atoms with van der Waals surface area (Å²) < 4.78 is 26.9. The van der Waals surface area contributed by atoms with Gasteiger partial charge in [0, 0.05) is 17.8 Å². The Bertz CT molecular complexity index is 655. The van der Waals surface area contributed by atoms with Gasteiger partial charge in [-0.25, -0.2) is 8.78 Å². The van der Waals surface area contributed by atoms with Crippen molar-refractivity contribution in [1.29, 1.82) is 0 Å². The maximum atomic E-state index is 13.9. The van der Waals surface area contributed by atoms with Gasteiger partial charge in [-0.2, -0.15) is 0 Å². The fraction of sp³-hybridized carbons (Fsp3) is 0.143. The molecular weight excluding hydrogens is 286 g/mol. The Hall–Kier alpha value is -1.85. The number of allylic oxidation sites excluding steroid dienone is 2. The molecule has 6 heteroatoms. The zero-order valence-electron chi connectivity index (χ0n) is 10.3. The molecule has 0 fully saturated rings. The minimum absolute atomic E-state index is 0.211. The van der Waals surface area contributed by atoms with E-state index in [-0.39, 0.29) is 18.3 Å². The van der Waals surface area contributed by atoms with Gasteiger partial charge in [0.15, 0.2) is 0 Å². The van der Waals surface area contributed by atoms with Crippen molar-refractivity contribution < 1.29 is 13.9 Å². The SMILES string of the molecule is OCC1=C(c2ccc(F)cc2F)NC2C=CC(Cl)=CN12. The molecule has 2 aliphatic rings. The number of aliphatic hydroxyl groups is 1. The minimum atomic E-state index is -0.683. The first kappa shape index (κ1) is 13.1. The fourth-order valence-electron chi connectivity index (χ4n) is 2.34. The van der Waals surface area contributed by atoms with E-state index in [9.17, 15) is 13.9 Å². The monoisotopic (exact) mass is 296 g/mol. The van der Waals surface area contributed by atoms with Gasteiger partial charge in [-0.15, -0.1) is 0 Å². The molecule has 2 heterocycles. The molecule has 0 amide bonds. The van der Waals surface area contributed by atoms with E-state index < -0.39 is 11.6 Å². The molecule has 0 radical (unpaired) electrons. The van der Waals surface area contributed by atoms with Crippen LogP contribution in [0, 0.1) is 11.6 Å². The number of rotatable bonds is 2. The van der Waals surface area contributed by atoms with E-state index in [1.165, 1.54) is 12.1 Å². The van der Waals surface area contributed by atoms with Gasteiger partial charge in [0.2, 0.25) is 0 Å². The van der Waals surface area contributed by atoms with Crippen molar-refractivity contribution in [2.24, 2.45) is 0 Å². The molecule has 2 aliphatic heterocycles. The minimum Gasteiger partial charge on any atom is -0.390 e. The molecule has 3 rings (SSSR count). The summed E-state index contributed by atoms with van der Waals surface area (Å²) in [6.07, 6.45) is 4.93. The van der Waals surface area contributed by atoms with Crippen LogP contribution in [0.15, 0.2) is 47.3 Å². The molecule has 2 N–H and O–H groups in total. The normalized spacial score (nSPS) is 20.9. The summed E-state index contributed by atoms with van der Waals surface area (Å²) in [7, 11) is 0.